The van der Waals surface area contributed by atoms with Crippen molar-refractivity contribution in [3.05, 3.63) is 116 Å². The average molecular weight is 449 g/mol. The quantitative estimate of drug-likeness (QED) is 0.394. The van der Waals surface area contributed by atoms with Gasteiger partial charge in [0.1, 0.15) is 5.56 Å². The van der Waals surface area contributed by atoms with Crippen LogP contribution in [0.3, 0.4) is 0 Å². The lowest BCUT2D eigenvalue weighted by molar-refractivity contribution is 0.102. The highest BCUT2D eigenvalue weighted by Gasteiger charge is 2.23. The molecule has 0 saturated carbocycles. The zero-order valence-corrected chi connectivity index (χ0v) is 18.1. The van der Waals surface area contributed by atoms with Gasteiger partial charge >= 0.3 is 0 Å². The fourth-order valence-electron chi connectivity index (χ4n) is 3.52. The number of aryl methyl sites for hydroxylation is 1. The lowest BCUT2D eigenvalue weighted by Crippen LogP contribution is -2.26. The molecule has 1 aromatic heterocycles. The molecule has 3 aromatic carbocycles. The minimum absolute atomic E-state index is 0.0247. The number of pyridine rings is 1. The van der Waals surface area contributed by atoms with Gasteiger partial charge < -0.3 is 9.88 Å². The number of carbonyl (C=O) groups is 1. The van der Waals surface area contributed by atoms with Gasteiger partial charge in [0.2, 0.25) is 0 Å². The molecule has 0 aliphatic carbocycles. The van der Waals surface area contributed by atoms with Gasteiger partial charge in [-0.25, -0.2) is 0 Å². The topological polar surface area (TPSA) is 51.1 Å². The van der Waals surface area contributed by atoms with Gasteiger partial charge in [-0.05, 0) is 42.8 Å². The van der Waals surface area contributed by atoms with Crippen molar-refractivity contribution >= 4 is 34.8 Å². The van der Waals surface area contributed by atoms with Gasteiger partial charge in [0, 0.05) is 22.5 Å². The fourth-order valence-corrected chi connectivity index (χ4v) is 3.88. The first kappa shape index (κ1) is 20.9. The number of para-hydroxylation sites is 1. The van der Waals surface area contributed by atoms with Crippen molar-refractivity contribution in [1.82, 2.24) is 4.57 Å². The van der Waals surface area contributed by atoms with E-state index in [9.17, 15) is 9.59 Å². The molecule has 0 aliphatic heterocycles. The number of hydrogen-bond donors (Lipinski definition) is 1. The first-order chi connectivity index (χ1) is 15.0. The van der Waals surface area contributed by atoms with Crippen molar-refractivity contribution in [2.75, 3.05) is 5.32 Å². The van der Waals surface area contributed by atoms with E-state index in [1.54, 1.807) is 36.4 Å². The summed E-state index contributed by atoms with van der Waals surface area (Å²) in [7, 11) is 0. The van der Waals surface area contributed by atoms with E-state index in [4.69, 9.17) is 23.2 Å². The van der Waals surface area contributed by atoms with Crippen LogP contribution in [0, 0.1) is 6.92 Å². The lowest BCUT2D eigenvalue weighted by atomic mass is 10.0. The first-order valence-corrected chi connectivity index (χ1v) is 10.3. The largest absolute Gasteiger partial charge is 0.320 e. The molecule has 0 spiro atoms. The van der Waals surface area contributed by atoms with Crippen LogP contribution in [-0.2, 0) is 0 Å². The van der Waals surface area contributed by atoms with E-state index >= 15 is 0 Å². The molecular formula is C25H18Cl2N2O2. The van der Waals surface area contributed by atoms with E-state index in [1.807, 2.05) is 54.0 Å². The van der Waals surface area contributed by atoms with Crippen LogP contribution < -0.4 is 10.7 Å². The molecule has 0 aliphatic rings. The van der Waals surface area contributed by atoms with E-state index in [2.05, 4.69) is 5.32 Å². The molecule has 1 heterocycles. The Morgan fingerprint density at radius 2 is 1.58 bits per heavy atom. The van der Waals surface area contributed by atoms with E-state index in [-0.39, 0.29) is 11.0 Å². The monoisotopic (exact) mass is 448 g/mol. The van der Waals surface area contributed by atoms with Gasteiger partial charge in [-0.1, -0.05) is 71.7 Å². The Kier molecular flexibility index (Phi) is 5.94. The van der Waals surface area contributed by atoms with Crippen LogP contribution in [0.15, 0.2) is 89.7 Å². The lowest BCUT2D eigenvalue weighted by Gasteiger charge is -2.21. The van der Waals surface area contributed by atoms with Gasteiger partial charge in [-0.15, -0.1) is 0 Å². The van der Waals surface area contributed by atoms with Gasteiger partial charge in [0.05, 0.1) is 16.4 Å². The number of nitrogens with one attached hydrogen (secondary N) is 1. The Hall–Kier alpha value is -3.34. The van der Waals surface area contributed by atoms with Crippen LogP contribution in [0.2, 0.25) is 10.0 Å². The highest BCUT2D eigenvalue weighted by Crippen LogP contribution is 2.29. The summed E-state index contributed by atoms with van der Waals surface area (Å²) in [5.41, 5.74) is 2.72. The molecule has 1 N–H and O–H groups in total. The summed E-state index contributed by atoms with van der Waals surface area (Å²) in [4.78, 5) is 26.4. The molecular weight excluding hydrogens is 431 g/mol. The second kappa shape index (κ2) is 8.80. The zero-order chi connectivity index (χ0) is 22.0. The smallest absolute Gasteiger partial charge is 0.261 e. The minimum Gasteiger partial charge on any atom is -0.320 e. The second-order valence-corrected chi connectivity index (χ2v) is 7.83. The summed E-state index contributed by atoms with van der Waals surface area (Å²) in [6.45, 7) is 1.82. The number of amides is 1. The predicted molar refractivity (Wildman–Crippen MR) is 127 cm³/mol. The maximum Gasteiger partial charge on any atom is 0.261 e. The molecule has 1 amide bonds. The number of benzene rings is 3. The molecule has 4 rings (SSSR count). The van der Waals surface area contributed by atoms with Gasteiger partial charge in [0.25, 0.3) is 5.91 Å². The Labute approximate surface area is 189 Å². The molecule has 154 valence electrons. The number of aromatic nitrogens is 1. The molecule has 0 radical (unpaired) electrons. The SMILES string of the molecule is Cc1cc(=O)c(C(=O)Nc2ccccc2Cl)c(-c2ccccc2)n1-c1cccc(Cl)c1. The second-order valence-electron chi connectivity index (χ2n) is 6.99. The maximum atomic E-state index is 13.3. The van der Waals surface area contributed by atoms with Crippen molar-refractivity contribution in [2.45, 2.75) is 6.92 Å². The van der Waals surface area contributed by atoms with E-state index in [0.29, 0.717) is 27.1 Å². The van der Waals surface area contributed by atoms with Crippen molar-refractivity contribution in [3.8, 4) is 16.9 Å². The van der Waals surface area contributed by atoms with Crippen molar-refractivity contribution in [2.24, 2.45) is 0 Å². The number of halogens is 2. The molecule has 0 atom stereocenters. The highest BCUT2D eigenvalue weighted by molar-refractivity contribution is 6.34. The van der Waals surface area contributed by atoms with Crippen LogP contribution in [-0.4, -0.2) is 10.5 Å². The van der Waals surface area contributed by atoms with E-state index in [0.717, 1.165) is 11.3 Å². The van der Waals surface area contributed by atoms with Gasteiger partial charge in [-0.2, -0.15) is 0 Å². The normalized spacial score (nSPS) is 10.7. The molecule has 31 heavy (non-hydrogen) atoms. The number of carbonyl (C=O) groups excluding carboxylic acids is 1. The average Bonchev–Trinajstić information content (AvgIpc) is 2.75. The molecule has 0 saturated heterocycles. The summed E-state index contributed by atoms with van der Waals surface area (Å²) in [6.07, 6.45) is 0. The van der Waals surface area contributed by atoms with Crippen molar-refractivity contribution in [3.63, 3.8) is 0 Å². The summed E-state index contributed by atoms with van der Waals surface area (Å²) in [6, 6.07) is 24.9. The fraction of sp³-hybridized carbons (Fsp3) is 0.0400. The van der Waals surface area contributed by atoms with Crippen molar-refractivity contribution in [1.29, 1.82) is 0 Å². The van der Waals surface area contributed by atoms with Gasteiger partial charge in [0.15, 0.2) is 5.43 Å². The third-order valence-electron chi connectivity index (χ3n) is 4.86. The van der Waals surface area contributed by atoms with Gasteiger partial charge in [-0.3, -0.25) is 9.59 Å². The zero-order valence-electron chi connectivity index (χ0n) is 16.6. The van der Waals surface area contributed by atoms with Crippen LogP contribution >= 0.6 is 23.2 Å². The molecule has 0 unspecified atom stereocenters. The Balaban J connectivity index is 1.99. The van der Waals surface area contributed by atoms with E-state index < -0.39 is 5.91 Å². The van der Waals surface area contributed by atoms with Crippen LogP contribution in [0.4, 0.5) is 5.69 Å². The van der Waals surface area contributed by atoms with Crippen LogP contribution in [0.25, 0.3) is 16.9 Å². The summed E-state index contributed by atoms with van der Waals surface area (Å²) >= 11 is 12.4. The third-order valence-corrected chi connectivity index (χ3v) is 5.43. The third kappa shape index (κ3) is 4.26. The minimum atomic E-state index is -0.535. The Morgan fingerprint density at radius 3 is 2.29 bits per heavy atom. The highest BCUT2D eigenvalue weighted by atomic mass is 35.5. The van der Waals surface area contributed by atoms with Crippen LogP contribution in [0.1, 0.15) is 16.1 Å². The Morgan fingerprint density at radius 1 is 0.871 bits per heavy atom. The molecule has 4 aromatic rings. The molecule has 4 nitrogen and oxygen atoms in total. The Bertz CT molecular complexity index is 1330. The first-order valence-electron chi connectivity index (χ1n) is 9.59. The maximum absolute atomic E-state index is 13.3. The van der Waals surface area contributed by atoms with Crippen molar-refractivity contribution < 1.29 is 4.79 Å². The van der Waals surface area contributed by atoms with Crippen LogP contribution in [0.5, 0.6) is 0 Å². The number of hydrogen-bond acceptors (Lipinski definition) is 2. The summed E-state index contributed by atoms with van der Waals surface area (Å²) < 4.78 is 1.87. The number of rotatable bonds is 4. The summed E-state index contributed by atoms with van der Waals surface area (Å²) in [5, 5.41) is 3.72. The summed E-state index contributed by atoms with van der Waals surface area (Å²) in [5.74, 6) is -0.535. The van der Waals surface area contributed by atoms with E-state index in [1.165, 1.54) is 6.07 Å². The standard InChI is InChI=1S/C25H18Cl2N2O2/c1-16-14-22(30)23(25(31)28-21-13-6-5-12-20(21)27)24(17-8-3-2-4-9-17)29(16)19-11-7-10-18(26)15-19/h2-15H,1H3,(H,28,31). The predicted octanol–water partition coefficient (Wildman–Crippen LogP) is 6.37. The number of nitrogens with zero attached hydrogens (tertiary/aromatic N) is 1. The molecule has 6 heteroatoms. The molecule has 0 fully saturated rings. The molecule has 0 bridgehead atoms. The number of anilines is 1.